The van der Waals surface area contributed by atoms with Crippen molar-refractivity contribution in [3.63, 3.8) is 0 Å². The number of nitrogens with one attached hydrogen (secondary N) is 2. The molecule has 0 fully saturated rings. The first kappa shape index (κ1) is 19.0. The molecule has 0 amide bonds. The number of carboxylic acids is 1. The van der Waals surface area contributed by atoms with Gasteiger partial charge in [0.2, 0.25) is 0 Å². The molecule has 0 radical (unpaired) electrons. The number of hydrogen-bond acceptors (Lipinski definition) is 5. The zero-order valence-electron chi connectivity index (χ0n) is 7.21. The number of nitrogens with two attached hydrogens (primary N) is 1. The molecule has 0 aromatic heterocycles. The van der Waals surface area contributed by atoms with Gasteiger partial charge in [0.1, 0.15) is 6.04 Å². The molecule has 0 aromatic carbocycles. The molecule has 6 N–H and O–H groups in total. The van der Waals surface area contributed by atoms with Crippen molar-refractivity contribution in [2.24, 2.45) is 10.7 Å². The summed E-state index contributed by atoms with van der Waals surface area (Å²) in [6.07, 6.45) is 1.47. The lowest BCUT2D eigenvalue weighted by atomic mass is 10.2. The van der Waals surface area contributed by atoms with Gasteiger partial charge in [-0.15, -0.1) is 30.4 Å². The number of carboxylic acid groups (broad SMARTS) is 1. The molecular weight excluding hydrogens is 235 g/mol. The Balaban J connectivity index is -0.000000605. The Morgan fingerprint density at radius 3 is 2.57 bits per heavy atom. The van der Waals surface area contributed by atoms with Crippen LogP contribution in [0.4, 0.5) is 0 Å². The van der Waals surface area contributed by atoms with Gasteiger partial charge in [-0.3, -0.25) is 20.4 Å². The number of rotatable bonds is 6. The molecule has 0 bridgehead atoms. The fraction of sp³-hybridized carbons (Fsp3) is 0.600. The van der Waals surface area contributed by atoms with E-state index in [1.54, 1.807) is 5.59 Å². The predicted octanol–water partition coefficient (Wildman–Crippen LogP) is -0.856. The van der Waals surface area contributed by atoms with Crippen molar-refractivity contribution in [2.75, 3.05) is 6.54 Å². The van der Waals surface area contributed by atoms with Crippen LogP contribution in [-0.4, -0.2) is 35.2 Å². The van der Waals surface area contributed by atoms with E-state index in [0.29, 0.717) is 6.54 Å². The molecule has 14 heavy (non-hydrogen) atoms. The highest BCUT2D eigenvalue weighted by Crippen LogP contribution is 1.87. The van der Waals surface area contributed by atoms with Gasteiger partial charge in [-0.25, -0.2) is 0 Å². The summed E-state index contributed by atoms with van der Waals surface area (Å²) in [5.74, 6) is -1.04. The normalized spacial score (nSPS) is 11.3. The van der Waals surface area contributed by atoms with Crippen LogP contribution in [0.1, 0.15) is 6.42 Å². The second kappa shape index (κ2) is 12.4. The van der Waals surface area contributed by atoms with E-state index >= 15 is 0 Å². The van der Waals surface area contributed by atoms with Crippen molar-refractivity contribution in [1.29, 1.82) is 0 Å². The average Bonchev–Trinajstić information content (AvgIpc) is 2.03. The molecule has 86 valence electrons. The van der Waals surface area contributed by atoms with E-state index in [4.69, 9.17) is 16.0 Å². The molecular formula is C5H14Cl2N4O3. The Morgan fingerprint density at radius 2 is 2.14 bits per heavy atom. The quantitative estimate of drug-likeness (QED) is 0.237. The van der Waals surface area contributed by atoms with Crippen LogP contribution in [0.3, 0.4) is 0 Å². The molecule has 0 aliphatic carbocycles. The van der Waals surface area contributed by atoms with E-state index in [9.17, 15) is 4.79 Å². The van der Waals surface area contributed by atoms with Gasteiger partial charge < -0.3 is 10.8 Å². The van der Waals surface area contributed by atoms with E-state index in [1.165, 1.54) is 6.34 Å². The van der Waals surface area contributed by atoms with E-state index in [1.807, 2.05) is 0 Å². The van der Waals surface area contributed by atoms with Crippen molar-refractivity contribution < 1.29 is 15.1 Å². The van der Waals surface area contributed by atoms with Crippen molar-refractivity contribution in [3.05, 3.63) is 0 Å². The van der Waals surface area contributed by atoms with Gasteiger partial charge in [-0.05, 0) is 6.42 Å². The minimum atomic E-state index is -1.04. The lowest BCUT2D eigenvalue weighted by Gasteiger charge is -2.01. The number of hydrazine groups is 1. The summed E-state index contributed by atoms with van der Waals surface area (Å²) in [4.78, 5) is 13.9. The maximum absolute atomic E-state index is 10.2. The molecule has 0 unspecified atom stereocenters. The minimum Gasteiger partial charge on any atom is -0.480 e. The number of carbonyl (C=O) groups is 1. The predicted molar refractivity (Wildman–Crippen MR) is 56.1 cm³/mol. The molecule has 0 rings (SSSR count). The lowest BCUT2D eigenvalue weighted by Crippen LogP contribution is -2.31. The van der Waals surface area contributed by atoms with Crippen LogP contribution in [0.5, 0.6) is 0 Å². The zero-order valence-corrected chi connectivity index (χ0v) is 8.85. The lowest BCUT2D eigenvalue weighted by molar-refractivity contribution is -0.138. The second-order valence-electron chi connectivity index (χ2n) is 2.02. The third kappa shape index (κ3) is 11.4. The smallest absolute Gasteiger partial charge is 0.320 e. The van der Waals surface area contributed by atoms with Gasteiger partial charge in [0.15, 0.2) is 0 Å². The van der Waals surface area contributed by atoms with Crippen LogP contribution in [0.25, 0.3) is 0 Å². The summed E-state index contributed by atoms with van der Waals surface area (Å²) in [6.45, 7) is 0.294. The zero-order chi connectivity index (χ0) is 9.40. The fourth-order valence-electron chi connectivity index (χ4n) is 0.476. The number of aliphatic imine (C=N–C) groups is 1. The average molecular weight is 249 g/mol. The van der Waals surface area contributed by atoms with Gasteiger partial charge in [-0.2, -0.15) is 0 Å². The maximum atomic E-state index is 10.2. The van der Waals surface area contributed by atoms with Crippen molar-refractivity contribution in [1.82, 2.24) is 11.0 Å². The van der Waals surface area contributed by atoms with Crippen molar-refractivity contribution >= 4 is 37.1 Å². The second-order valence-corrected chi connectivity index (χ2v) is 2.02. The van der Waals surface area contributed by atoms with Crippen LogP contribution < -0.4 is 16.7 Å². The molecule has 0 aromatic rings. The van der Waals surface area contributed by atoms with Crippen LogP contribution in [-0.2, 0) is 4.79 Å². The summed E-state index contributed by atoms with van der Waals surface area (Å²) in [5, 5.41) is 16.3. The van der Waals surface area contributed by atoms with Crippen LogP contribution in [0.2, 0.25) is 0 Å². The van der Waals surface area contributed by atoms with Crippen molar-refractivity contribution in [2.45, 2.75) is 12.5 Å². The summed E-state index contributed by atoms with van der Waals surface area (Å²) in [7, 11) is 0. The first-order chi connectivity index (χ1) is 5.68. The van der Waals surface area contributed by atoms with Crippen LogP contribution in [0.15, 0.2) is 4.99 Å². The summed E-state index contributed by atoms with van der Waals surface area (Å²) >= 11 is 0. The van der Waals surface area contributed by atoms with Crippen LogP contribution >= 0.6 is 24.8 Å². The molecule has 0 saturated carbocycles. The fourth-order valence-corrected chi connectivity index (χ4v) is 0.476. The monoisotopic (exact) mass is 248 g/mol. The largest absolute Gasteiger partial charge is 0.480 e. The number of hydrogen-bond donors (Lipinski definition) is 5. The van der Waals surface area contributed by atoms with E-state index in [2.05, 4.69) is 10.4 Å². The maximum Gasteiger partial charge on any atom is 0.320 e. The summed E-state index contributed by atoms with van der Waals surface area (Å²) in [6, 6.07) is -0.885. The Labute approximate surface area is 93.5 Å². The van der Waals surface area contributed by atoms with E-state index in [0.717, 1.165) is 0 Å². The Morgan fingerprint density at radius 1 is 1.57 bits per heavy atom. The summed E-state index contributed by atoms with van der Waals surface area (Å²) in [5.41, 5.74) is 8.98. The number of aliphatic carboxylic acids is 1. The minimum absolute atomic E-state index is 0. The molecule has 0 spiro atoms. The van der Waals surface area contributed by atoms with Gasteiger partial charge in [-0.1, -0.05) is 0 Å². The molecule has 7 nitrogen and oxygen atoms in total. The van der Waals surface area contributed by atoms with E-state index in [-0.39, 0.29) is 31.2 Å². The topological polar surface area (TPSA) is 120 Å². The highest BCUT2D eigenvalue weighted by atomic mass is 35.5. The molecule has 0 aliphatic rings. The summed E-state index contributed by atoms with van der Waals surface area (Å²) < 4.78 is 0. The molecule has 0 saturated heterocycles. The Kier molecular flexibility index (Phi) is 16.9. The standard InChI is InChI=1S/C5H12N4O3.2ClH/c6-4(5(10)11)1-2-7-3-8-9-12;;/h3-4,9,12H,1-2,6H2,(H,7,8)(H,10,11);2*1H/t4-;;/m0../s1. The molecule has 9 heteroatoms. The number of halogens is 2. The first-order valence-corrected chi connectivity index (χ1v) is 3.29. The SMILES string of the molecule is Cl.Cl.N[C@@H](CCN=CNNO)C(=O)O. The molecule has 1 atom stereocenters. The van der Waals surface area contributed by atoms with Gasteiger partial charge in [0.05, 0.1) is 6.34 Å². The van der Waals surface area contributed by atoms with Gasteiger partial charge in [0.25, 0.3) is 0 Å². The van der Waals surface area contributed by atoms with E-state index < -0.39 is 12.0 Å². The highest BCUT2D eigenvalue weighted by Gasteiger charge is 2.09. The Bertz CT molecular complexity index is 169. The number of nitrogens with zero attached hydrogens (tertiary/aromatic N) is 1. The highest BCUT2D eigenvalue weighted by molar-refractivity contribution is 5.85. The third-order valence-electron chi connectivity index (χ3n) is 1.11. The molecule has 0 heterocycles. The van der Waals surface area contributed by atoms with Gasteiger partial charge in [0, 0.05) is 6.54 Å². The van der Waals surface area contributed by atoms with Gasteiger partial charge >= 0.3 is 5.97 Å². The third-order valence-corrected chi connectivity index (χ3v) is 1.11. The van der Waals surface area contributed by atoms with Crippen molar-refractivity contribution in [3.8, 4) is 0 Å². The first-order valence-electron chi connectivity index (χ1n) is 3.29. The Hall–Kier alpha value is -0.600. The van der Waals surface area contributed by atoms with Crippen LogP contribution in [0, 0.1) is 0 Å². The molecule has 0 aliphatic heterocycles.